The van der Waals surface area contributed by atoms with Crippen molar-refractivity contribution in [2.45, 2.75) is 0 Å². The number of carbonyl (C=O) groups excluding carboxylic acids is 1. The molecule has 0 unspecified atom stereocenters. The molecule has 0 aliphatic heterocycles. The third-order valence-corrected chi connectivity index (χ3v) is 3.21. The molecule has 1 heterocycles. The maximum atomic E-state index is 11.7. The topological polar surface area (TPSA) is 141 Å². The van der Waals surface area contributed by atoms with Crippen molar-refractivity contribution >= 4 is 33.9 Å². The Morgan fingerprint density at radius 2 is 2.25 bits per heavy atom. The van der Waals surface area contributed by atoms with Gasteiger partial charge in [0, 0.05) is 10.0 Å². The van der Waals surface area contributed by atoms with Gasteiger partial charge in [-0.15, -0.1) is 5.10 Å². The molecule has 1 aromatic heterocycles. The number of hydrogen-bond donors (Lipinski definition) is 4. The van der Waals surface area contributed by atoms with Crippen LogP contribution in [0, 0.1) is 0 Å². The number of halogens is 1. The van der Waals surface area contributed by atoms with Gasteiger partial charge in [0.1, 0.15) is 5.75 Å². The zero-order valence-electron chi connectivity index (χ0n) is 12.4. The smallest absolute Gasteiger partial charge is 0.342 e. The summed E-state index contributed by atoms with van der Waals surface area (Å²) in [4.78, 5) is 35.8. The average molecular weight is 397 g/mol. The van der Waals surface area contributed by atoms with Gasteiger partial charge in [-0.2, -0.15) is 5.10 Å². The largest absolute Gasteiger partial charge is 0.496 e. The van der Waals surface area contributed by atoms with Crippen molar-refractivity contribution in [3.05, 3.63) is 49.1 Å². The first kappa shape index (κ1) is 17.4. The molecule has 0 saturated heterocycles. The Morgan fingerprint density at radius 1 is 1.46 bits per heavy atom. The Bertz CT molecular complexity index is 875. The molecule has 10 nitrogen and oxygen atoms in total. The van der Waals surface area contributed by atoms with E-state index in [9.17, 15) is 14.4 Å². The highest BCUT2D eigenvalue weighted by molar-refractivity contribution is 9.10. The van der Waals surface area contributed by atoms with Crippen LogP contribution in [0.1, 0.15) is 5.56 Å². The van der Waals surface area contributed by atoms with Gasteiger partial charge in [0.25, 0.3) is 11.5 Å². The van der Waals surface area contributed by atoms with E-state index < -0.39 is 17.2 Å². The number of carbonyl (C=O) groups is 1. The number of nitrogens with zero attached hydrogens (tertiary/aromatic N) is 2. The molecule has 0 aliphatic carbocycles. The lowest BCUT2D eigenvalue weighted by Gasteiger charge is -2.05. The van der Waals surface area contributed by atoms with E-state index in [0.29, 0.717) is 11.3 Å². The number of amides is 1. The maximum absolute atomic E-state index is 11.7. The molecule has 126 valence electrons. The minimum Gasteiger partial charge on any atom is -0.496 e. The monoisotopic (exact) mass is 396 g/mol. The lowest BCUT2D eigenvalue weighted by atomic mass is 10.2. The number of H-pyrrole nitrogens is 2. The molecule has 24 heavy (non-hydrogen) atoms. The van der Waals surface area contributed by atoms with Gasteiger partial charge in [-0.1, -0.05) is 15.9 Å². The molecule has 0 spiro atoms. The fraction of sp³-hybridized carbons (Fsp3) is 0.154. The number of aromatic amines is 2. The summed E-state index contributed by atoms with van der Waals surface area (Å²) in [5, 5.41) is 11.8. The number of methoxy groups -OCH3 is 1. The number of benzene rings is 1. The first-order chi connectivity index (χ1) is 11.5. The van der Waals surface area contributed by atoms with E-state index in [1.54, 1.807) is 12.1 Å². The van der Waals surface area contributed by atoms with E-state index in [-0.39, 0.29) is 12.4 Å². The number of hydrazone groups is 1. The van der Waals surface area contributed by atoms with Crippen molar-refractivity contribution in [3.63, 3.8) is 0 Å². The minimum absolute atomic E-state index is 0.178. The molecule has 0 saturated carbocycles. The first-order valence-electron chi connectivity index (χ1n) is 6.58. The predicted molar refractivity (Wildman–Crippen MR) is 90.4 cm³/mol. The Morgan fingerprint density at radius 3 is 2.96 bits per heavy atom. The summed E-state index contributed by atoms with van der Waals surface area (Å²) in [6.07, 6.45) is 1.42. The van der Waals surface area contributed by atoms with Crippen molar-refractivity contribution in [3.8, 4) is 5.75 Å². The SMILES string of the molecule is COc1ccc(Br)cc1/C=N/NC(=O)CNc1n[nH]c(=O)[nH]c1=O. The van der Waals surface area contributed by atoms with Crippen molar-refractivity contribution in [2.75, 3.05) is 19.0 Å². The second-order valence-corrected chi connectivity index (χ2v) is 5.30. The van der Waals surface area contributed by atoms with Gasteiger partial charge in [-0.3, -0.25) is 14.6 Å². The van der Waals surface area contributed by atoms with Crippen LogP contribution >= 0.6 is 15.9 Å². The molecular weight excluding hydrogens is 384 g/mol. The molecular formula is C13H13BrN6O4. The zero-order chi connectivity index (χ0) is 17.5. The molecule has 0 fully saturated rings. The summed E-state index contributed by atoms with van der Waals surface area (Å²) in [6.45, 7) is -0.255. The third-order valence-electron chi connectivity index (χ3n) is 2.71. The molecule has 1 aromatic carbocycles. The summed E-state index contributed by atoms with van der Waals surface area (Å²) in [5.41, 5.74) is 1.49. The molecule has 2 aromatic rings. The molecule has 0 aliphatic rings. The number of nitrogens with one attached hydrogen (secondary N) is 4. The van der Waals surface area contributed by atoms with E-state index in [1.807, 2.05) is 16.1 Å². The molecule has 4 N–H and O–H groups in total. The highest BCUT2D eigenvalue weighted by Crippen LogP contribution is 2.21. The highest BCUT2D eigenvalue weighted by atomic mass is 79.9. The summed E-state index contributed by atoms with van der Waals surface area (Å²) >= 11 is 3.33. The van der Waals surface area contributed by atoms with E-state index in [1.165, 1.54) is 13.3 Å². The van der Waals surface area contributed by atoms with Crippen LogP contribution in [-0.2, 0) is 4.79 Å². The molecule has 0 atom stereocenters. The van der Waals surface area contributed by atoms with Gasteiger partial charge in [-0.05, 0) is 18.2 Å². The van der Waals surface area contributed by atoms with E-state index in [4.69, 9.17) is 4.74 Å². The second-order valence-electron chi connectivity index (χ2n) is 4.39. The van der Waals surface area contributed by atoms with Crippen LogP contribution in [0.3, 0.4) is 0 Å². The predicted octanol–water partition coefficient (Wildman–Crippen LogP) is -0.209. The van der Waals surface area contributed by atoms with Crippen molar-refractivity contribution in [1.82, 2.24) is 20.6 Å². The third kappa shape index (κ3) is 4.78. The van der Waals surface area contributed by atoms with Crippen LogP contribution in [0.15, 0.2) is 37.4 Å². The fourth-order valence-electron chi connectivity index (χ4n) is 1.65. The minimum atomic E-state index is -0.734. The lowest BCUT2D eigenvalue weighted by Crippen LogP contribution is -2.31. The van der Waals surface area contributed by atoms with E-state index >= 15 is 0 Å². The van der Waals surface area contributed by atoms with E-state index in [0.717, 1.165) is 4.47 Å². The van der Waals surface area contributed by atoms with Gasteiger partial charge in [0.15, 0.2) is 0 Å². The number of ether oxygens (including phenoxy) is 1. The standard InChI is InChI=1S/C13H13BrN6O4/c1-24-9-3-2-8(14)4-7(9)5-16-18-10(21)6-15-11-12(22)17-13(23)20-19-11/h2-5H,6H2,1H3,(H,15,19)(H,18,21)(H2,17,20,22,23)/b16-5+. The highest BCUT2D eigenvalue weighted by Gasteiger charge is 2.05. The number of anilines is 1. The average Bonchev–Trinajstić information content (AvgIpc) is 2.54. The van der Waals surface area contributed by atoms with Crippen molar-refractivity contribution in [2.24, 2.45) is 5.10 Å². The fourth-order valence-corrected chi connectivity index (χ4v) is 2.03. The van der Waals surface area contributed by atoms with Crippen LogP contribution < -0.4 is 26.7 Å². The number of hydrogen-bond acceptors (Lipinski definition) is 7. The number of aromatic nitrogens is 3. The molecule has 0 bridgehead atoms. The Balaban J connectivity index is 1.92. The van der Waals surface area contributed by atoms with Crippen LogP contribution in [0.5, 0.6) is 5.75 Å². The molecule has 0 radical (unpaired) electrons. The summed E-state index contributed by atoms with van der Waals surface area (Å²) in [5.74, 6) is -0.0895. The Kier molecular flexibility index (Phi) is 5.84. The van der Waals surface area contributed by atoms with Gasteiger partial charge < -0.3 is 10.1 Å². The van der Waals surface area contributed by atoms with Gasteiger partial charge >= 0.3 is 5.69 Å². The summed E-state index contributed by atoms with van der Waals surface area (Å²) in [7, 11) is 1.53. The van der Waals surface area contributed by atoms with Crippen molar-refractivity contribution < 1.29 is 9.53 Å². The normalized spacial score (nSPS) is 10.6. The summed E-state index contributed by atoms with van der Waals surface area (Å²) < 4.78 is 6.01. The molecule has 11 heteroatoms. The Hall–Kier alpha value is -2.95. The zero-order valence-corrected chi connectivity index (χ0v) is 14.0. The van der Waals surface area contributed by atoms with Crippen LogP contribution in [-0.4, -0.2) is 41.0 Å². The number of rotatable bonds is 6. The maximum Gasteiger partial charge on any atom is 0.342 e. The lowest BCUT2D eigenvalue weighted by molar-refractivity contribution is -0.119. The first-order valence-corrected chi connectivity index (χ1v) is 7.37. The van der Waals surface area contributed by atoms with E-state index in [2.05, 4.69) is 36.9 Å². The van der Waals surface area contributed by atoms with Gasteiger partial charge in [-0.25, -0.2) is 15.3 Å². The second kappa shape index (κ2) is 8.06. The van der Waals surface area contributed by atoms with Gasteiger partial charge in [0.05, 0.1) is 19.9 Å². The quantitative estimate of drug-likeness (QED) is 0.393. The molecule has 2 rings (SSSR count). The van der Waals surface area contributed by atoms with Crippen LogP contribution in [0.2, 0.25) is 0 Å². The Labute approximate surface area is 143 Å². The van der Waals surface area contributed by atoms with Crippen LogP contribution in [0.25, 0.3) is 0 Å². The summed E-state index contributed by atoms with van der Waals surface area (Å²) in [6, 6.07) is 5.34. The van der Waals surface area contributed by atoms with Gasteiger partial charge in [0.2, 0.25) is 5.82 Å². The van der Waals surface area contributed by atoms with Crippen LogP contribution in [0.4, 0.5) is 5.82 Å². The molecule has 1 amide bonds. The van der Waals surface area contributed by atoms with Crippen molar-refractivity contribution in [1.29, 1.82) is 0 Å².